The van der Waals surface area contributed by atoms with Crippen molar-refractivity contribution in [3.63, 3.8) is 0 Å². The lowest BCUT2D eigenvalue weighted by molar-refractivity contribution is -0.130. The van der Waals surface area contributed by atoms with Crippen LogP contribution < -0.4 is 10.1 Å². The summed E-state index contributed by atoms with van der Waals surface area (Å²) in [4.78, 5) is 21.8. The Morgan fingerprint density at radius 1 is 1.19 bits per heavy atom. The molecule has 0 saturated carbocycles. The summed E-state index contributed by atoms with van der Waals surface area (Å²) >= 11 is 3.48. The van der Waals surface area contributed by atoms with E-state index in [0.717, 1.165) is 26.8 Å². The summed E-state index contributed by atoms with van der Waals surface area (Å²) in [5, 5.41) is 4.29. The maximum atomic E-state index is 11.6. The molecule has 0 bridgehead atoms. The number of hydrogen-bond donors (Lipinski definition) is 1. The van der Waals surface area contributed by atoms with Crippen molar-refractivity contribution >= 4 is 38.6 Å². The van der Waals surface area contributed by atoms with Gasteiger partial charge < -0.3 is 15.0 Å². The first-order valence-electron chi connectivity index (χ1n) is 8.09. The van der Waals surface area contributed by atoms with Gasteiger partial charge in [-0.05, 0) is 35.9 Å². The van der Waals surface area contributed by atoms with Crippen molar-refractivity contribution in [2.24, 2.45) is 0 Å². The van der Waals surface area contributed by atoms with E-state index in [1.165, 1.54) is 4.90 Å². The van der Waals surface area contributed by atoms with Crippen LogP contribution in [0.2, 0.25) is 0 Å². The molecule has 0 aliphatic heterocycles. The summed E-state index contributed by atoms with van der Waals surface area (Å²) in [6.45, 7) is 0.603. The predicted molar refractivity (Wildman–Crippen MR) is 105 cm³/mol. The van der Waals surface area contributed by atoms with Crippen LogP contribution in [0.3, 0.4) is 0 Å². The van der Waals surface area contributed by atoms with Gasteiger partial charge in [0.25, 0.3) is 5.91 Å². The van der Waals surface area contributed by atoms with Crippen LogP contribution >= 0.6 is 15.9 Å². The van der Waals surface area contributed by atoms with Crippen LogP contribution in [0.1, 0.15) is 5.56 Å². The molecule has 0 saturated heterocycles. The number of aromatic nitrogens is 2. The molecule has 3 rings (SSSR count). The quantitative estimate of drug-likeness (QED) is 0.668. The monoisotopic (exact) mass is 414 g/mol. The smallest absolute Gasteiger partial charge is 0.259 e. The highest BCUT2D eigenvalue weighted by atomic mass is 79.9. The summed E-state index contributed by atoms with van der Waals surface area (Å²) in [7, 11) is 3.41. The molecular weight excluding hydrogens is 396 g/mol. The van der Waals surface area contributed by atoms with Crippen LogP contribution in [0.5, 0.6) is 5.75 Å². The largest absolute Gasteiger partial charge is 0.484 e. The second-order valence-corrected chi connectivity index (χ2v) is 6.88. The van der Waals surface area contributed by atoms with E-state index in [4.69, 9.17) is 4.74 Å². The third kappa shape index (κ3) is 4.49. The molecule has 0 spiro atoms. The predicted octanol–water partition coefficient (Wildman–Crippen LogP) is 3.47. The molecule has 1 amide bonds. The Kier molecular flexibility index (Phi) is 5.68. The topological polar surface area (TPSA) is 67.3 Å². The number of nitrogens with zero attached hydrogens (tertiary/aromatic N) is 3. The molecule has 7 heteroatoms. The minimum absolute atomic E-state index is 0.0223. The highest BCUT2D eigenvalue weighted by Gasteiger charge is 2.07. The number of carbonyl (C=O) groups is 1. The van der Waals surface area contributed by atoms with Crippen molar-refractivity contribution in [2.75, 3.05) is 26.0 Å². The van der Waals surface area contributed by atoms with Crippen molar-refractivity contribution in [3.8, 4) is 5.75 Å². The van der Waals surface area contributed by atoms with Crippen molar-refractivity contribution in [2.45, 2.75) is 6.54 Å². The number of hydrogen-bond acceptors (Lipinski definition) is 5. The van der Waals surface area contributed by atoms with E-state index in [1.807, 2.05) is 42.5 Å². The number of ether oxygens (including phenoxy) is 1. The van der Waals surface area contributed by atoms with Crippen LogP contribution in [0.15, 0.2) is 53.3 Å². The molecule has 6 nitrogen and oxygen atoms in total. The third-order valence-electron chi connectivity index (χ3n) is 3.82. The Morgan fingerprint density at radius 3 is 2.85 bits per heavy atom. The lowest BCUT2D eigenvalue weighted by atomic mass is 10.2. The van der Waals surface area contributed by atoms with E-state index >= 15 is 0 Å². The maximum Gasteiger partial charge on any atom is 0.259 e. The summed E-state index contributed by atoms with van der Waals surface area (Å²) in [5.74, 6) is 1.35. The van der Waals surface area contributed by atoms with Crippen LogP contribution in [-0.2, 0) is 11.3 Å². The summed E-state index contributed by atoms with van der Waals surface area (Å²) in [6, 6.07) is 13.5. The molecule has 1 N–H and O–H groups in total. The third-order valence-corrected chi connectivity index (χ3v) is 4.31. The number of benzene rings is 2. The van der Waals surface area contributed by atoms with Gasteiger partial charge >= 0.3 is 0 Å². The van der Waals surface area contributed by atoms with Gasteiger partial charge in [-0.25, -0.2) is 9.97 Å². The Hall–Kier alpha value is -2.67. The summed E-state index contributed by atoms with van der Waals surface area (Å²) in [6.07, 6.45) is 1.55. The maximum absolute atomic E-state index is 11.6. The zero-order valence-electron chi connectivity index (χ0n) is 14.6. The second kappa shape index (κ2) is 8.14. The Bertz CT molecular complexity index is 930. The fourth-order valence-corrected chi connectivity index (χ4v) is 2.74. The number of fused-ring (bicyclic) bond motifs is 1. The highest BCUT2D eigenvalue weighted by molar-refractivity contribution is 9.10. The summed E-state index contributed by atoms with van der Waals surface area (Å²) < 4.78 is 6.53. The van der Waals surface area contributed by atoms with Crippen LogP contribution in [-0.4, -0.2) is 41.5 Å². The number of rotatable bonds is 6. The fraction of sp³-hybridized carbons (Fsp3) is 0.211. The Balaban J connectivity index is 1.70. The molecule has 0 atom stereocenters. The van der Waals surface area contributed by atoms with Gasteiger partial charge in [-0.2, -0.15) is 0 Å². The van der Waals surface area contributed by atoms with Gasteiger partial charge in [0, 0.05) is 30.5 Å². The zero-order valence-corrected chi connectivity index (χ0v) is 16.2. The molecule has 2 aromatic carbocycles. The van der Waals surface area contributed by atoms with Crippen LogP contribution in [0.4, 0.5) is 5.82 Å². The molecule has 1 aromatic heterocycles. The molecule has 0 unspecified atom stereocenters. The molecule has 0 aliphatic rings. The van der Waals surface area contributed by atoms with Crippen LogP contribution in [0, 0.1) is 0 Å². The number of carbonyl (C=O) groups excluding carboxylic acids is 1. The van der Waals surface area contributed by atoms with E-state index in [1.54, 1.807) is 20.4 Å². The molecule has 0 fully saturated rings. The van der Waals surface area contributed by atoms with E-state index in [9.17, 15) is 4.79 Å². The molecular formula is C19H19BrN4O2. The lowest BCUT2D eigenvalue weighted by Gasteiger charge is -2.12. The number of anilines is 1. The van der Waals surface area contributed by atoms with Gasteiger partial charge in [0.15, 0.2) is 6.61 Å². The number of likely N-dealkylation sites (N-methyl/N-ethyl adjacent to an activating group) is 1. The van der Waals surface area contributed by atoms with Crippen molar-refractivity contribution in [1.29, 1.82) is 0 Å². The minimum Gasteiger partial charge on any atom is -0.484 e. The first kappa shape index (κ1) is 18.1. The van der Waals surface area contributed by atoms with E-state index in [2.05, 4.69) is 31.2 Å². The fourth-order valence-electron chi connectivity index (χ4n) is 2.37. The SMILES string of the molecule is CN(C)C(=O)COc1cccc(CNc2ncnc3ccc(Br)cc23)c1. The highest BCUT2D eigenvalue weighted by Crippen LogP contribution is 2.24. The average Bonchev–Trinajstić information content (AvgIpc) is 2.64. The number of amides is 1. The normalized spacial score (nSPS) is 10.6. The number of nitrogens with one attached hydrogen (secondary N) is 1. The Morgan fingerprint density at radius 2 is 2.04 bits per heavy atom. The molecule has 0 radical (unpaired) electrons. The van der Waals surface area contributed by atoms with Gasteiger partial charge in [0.1, 0.15) is 17.9 Å². The van der Waals surface area contributed by atoms with Crippen molar-refractivity contribution in [1.82, 2.24) is 14.9 Å². The van der Waals surface area contributed by atoms with Crippen molar-refractivity contribution < 1.29 is 9.53 Å². The number of halogens is 1. The van der Waals surface area contributed by atoms with Crippen LogP contribution in [0.25, 0.3) is 10.9 Å². The molecule has 3 aromatic rings. The van der Waals surface area contributed by atoms with E-state index in [-0.39, 0.29) is 12.5 Å². The van der Waals surface area contributed by atoms with Crippen molar-refractivity contribution in [3.05, 3.63) is 58.8 Å². The van der Waals surface area contributed by atoms with Gasteiger partial charge in [0.05, 0.1) is 5.52 Å². The standard InChI is InChI=1S/C19H19BrN4O2/c1-24(2)18(25)11-26-15-5-3-4-13(8-15)10-21-19-16-9-14(20)6-7-17(16)22-12-23-19/h3-9,12H,10-11H2,1-2H3,(H,21,22,23). The first-order valence-corrected chi connectivity index (χ1v) is 8.88. The van der Waals surface area contributed by atoms with Gasteiger partial charge in [-0.15, -0.1) is 0 Å². The second-order valence-electron chi connectivity index (χ2n) is 5.96. The average molecular weight is 415 g/mol. The first-order chi connectivity index (χ1) is 12.5. The molecule has 134 valence electrons. The van der Waals surface area contributed by atoms with E-state index in [0.29, 0.717) is 12.3 Å². The van der Waals surface area contributed by atoms with Gasteiger partial charge in [-0.3, -0.25) is 4.79 Å². The minimum atomic E-state index is -0.0773. The molecule has 1 heterocycles. The molecule has 0 aliphatic carbocycles. The Labute approximate surface area is 160 Å². The summed E-state index contributed by atoms with van der Waals surface area (Å²) in [5.41, 5.74) is 1.91. The zero-order chi connectivity index (χ0) is 18.5. The lowest BCUT2D eigenvalue weighted by Crippen LogP contribution is -2.27. The van der Waals surface area contributed by atoms with Gasteiger partial charge in [0.2, 0.25) is 0 Å². The molecule has 26 heavy (non-hydrogen) atoms. The van der Waals surface area contributed by atoms with E-state index < -0.39 is 0 Å². The van der Waals surface area contributed by atoms with Gasteiger partial charge in [-0.1, -0.05) is 28.1 Å².